The standard InChI is InChI=1S/C15H22FNO/c1-11(12-4-6-13(16)7-5-12)17-10-14-8-9-15(2,3)18-14/h4-7,11,14,17H,8-10H2,1-3H3. The number of rotatable bonds is 4. The van der Waals surface area contributed by atoms with Crippen molar-refractivity contribution in [2.75, 3.05) is 6.54 Å². The van der Waals surface area contributed by atoms with Crippen molar-refractivity contribution in [3.63, 3.8) is 0 Å². The Hall–Kier alpha value is -0.930. The molecule has 0 radical (unpaired) electrons. The fourth-order valence-electron chi connectivity index (χ4n) is 2.40. The Labute approximate surface area is 109 Å². The molecule has 1 saturated heterocycles. The lowest BCUT2D eigenvalue weighted by Gasteiger charge is -2.21. The minimum absolute atomic E-state index is 0.0193. The molecular formula is C15H22FNO. The van der Waals surface area contributed by atoms with Gasteiger partial charge in [-0.3, -0.25) is 0 Å². The molecule has 0 amide bonds. The molecule has 2 atom stereocenters. The summed E-state index contributed by atoms with van der Waals surface area (Å²) in [4.78, 5) is 0. The summed E-state index contributed by atoms with van der Waals surface area (Å²) in [6.45, 7) is 7.21. The maximum atomic E-state index is 12.8. The van der Waals surface area contributed by atoms with Crippen molar-refractivity contribution in [1.29, 1.82) is 0 Å². The zero-order valence-electron chi connectivity index (χ0n) is 11.4. The molecular weight excluding hydrogens is 229 g/mol. The number of hydrogen-bond acceptors (Lipinski definition) is 2. The van der Waals surface area contributed by atoms with E-state index in [1.54, 1.807) is 0 Å². The van der Waals surface area contributed by atoms with E-state index >= 15 is 0 Å². The first-order valence-electron chi connectivity index (χ1n) is 6.63. The van der Waals surface area contributed by atoms with Gasteiger partial charge >= 0.3 is 0 Å². The van der Waals surface area contributed by atoms with E-state index in [1.807, 2.05) is 12.1 Å². The minimum Gasteiger partial charge on any atom is -0.371 e. The highest BCUT2D eigenvalue weighted by molar-refractivity contribution is 5.19. The van der Waals surface area contributed by atoms with E-state index in [0.29, 0.717) is 6.10 Å². The molecule has 0 spiro atoms. The number of ether oxygens (including phenoxy) is 1. The summed E-state index contributed by atoms with van der Waals surface area (Å²) >= 11 is 0. The summed E-state index contributed by atoms with van der Waals surface area (Å²) in [7, 11) is 0. The Bertz CT molecular complexity index is 388. The number of nitrogens with one attached hydrogen (secondary N) is 1. The molecule has 1 aliphatic rings. The fraction of sp³-hybridized carbons (Fsp3) is 0.600. The quantitative estimate of drug-likeness (QED) is 0.885. The minimum atomic E-state index is -0.188. The van der Waals surface area contributed by atoms with Gasteiger partial charge < -0.3 is 10.1 Å². The van der Waals surface area contributed by atoms with Gasteiger partial charge in [0.2, 0.25) is 0 Å². The molecule has 2 rings (SSSR count). The first-order chi connectivity index (χ1) is 8.46. The van der Waals surface area contributed by atoms with E-state index < -0.39 is 0 Å². The summed E-state index contributed by atoms with van der Waals surface area (Å²) in [5, 5.41) is 3.45. The lowest BCUT2D eigenvalue weighted by atomic mass is 10.1. The van der Waals surface area contributed by atoms with Crippen molar-refractivity contribution >= 4 is 0 Å². The summed E-state index contributed by atoms with van der Waals surface area (Å²) < 4.78 is 18.8. The maximum Gasteiger partial charge on any atom is 0.123 e. The Morgan fingerprint density at radius 1 is 1.39 bits per heavy atom. The molecule has 1 heterocycles. The first kappa shape index (κ1) is 13.5. The van der Waals surface area contributed by atoms with E-state index in [1.165, 1.54) is 12.1 Å². The van der Waals surface area contributed by atoms with Gasteiger partial charge in [0.15, 0.2) is 0 Å². The predicted octanol–water partition coefficient (Wildman–Crippen LogP) is 3.43. The van der Waals surface area contributed by atoms with Gasteiger partial charge in [-0.1, -0.05) is 12.1 Å². The highest BCUT2D eigenvalue weighted by Gasteiger charge is 2.31. The third-order valence-corrected chi connectivity index (χ3v) is 3.58. The SMILES string of the molecule is CC(NCC1CCC(C)(C)O1)c1ccc(F)cc1. The molecule has 1 aromatic rings. The van der Waals surface area contributed by atoms with Crippen molar-refractivity contribution in [3.8, 4) is 0 Å². The van der Waals surface area contributed by atoms with Crippen LogP contribution in [0.5, 0.6) is 0 Å². The van der Waals surface area contributed by atoms with Crippen LogP contribution in [-0.4, -0.2) is 18.2 Å². The van der Waals surface area contributed by atoms with Gasteiger partial charge in [0, 0.05) is 12.6 Å². The van der Waals surface area contributed by atoms with E-state index in [9.17, 15) is 4.39 Å². The molecule has 2 nitrogen and oxygen atoms in total. The van der Waals surface area contributed by atoms with Gasteiger partial charge in [-0.05, 0) is 51.3 Å². The van der Waals surface area contributed by atoms with Gasteiger partial charge in [0.25, 0.3) is 0 Å². The largest absolute Gasteiger partial charge is 0.371 e. The molecule has 18 heavy (non-hydrogen) atoms. The summed E-state index contributed by atoms with van der Waals surface area (Å²) in [6, 6.07) is 6.88. The van der Waals surface area contributed by atoms with Crippen LogP contribution in [0.15, 0.2) is 24.3 Å². The fourth-order valence-corrected chi connectivity index (χ4v) is 2.40. The Morgan fingerprint density at radius 3 is 2.61 bits per heavy atom. The highest BCUT2D eigenvalue weighted by atomic mass is 19.1. The molecule has 100 valence electrons. The van der Waals surface area contributed by atoms with Gasteiger partial charge in [-0.2, -0.15) is 0 Å². The molecule has 0 aromatic heterocycles. The number of benzene rings is 1. The number of hydrogen-bond donors (Lipinski definition) is 1. The van der Waals surface area contributed by atoms with Gasteiger partial charge in [0.05, 0.1) is 11.7 Å². The van der Waals surface area contributed by atoms with Crippen LogP contribution in [-0.2, 0) is 4.74 Å². The second-order valence-corrected chi connectivity index (χ2v) is 5.72. The highest BCUT2D eigenvalue weighted by Crippen LogP contribution is 2.29. The van der Waals surface area contributed by atoms with Crippen LogP contribution in [0.1, 0.15) is 45.2 Å². The van der Waals surface area contributed by atoms with Crippen LogP contribution in [0.3, 0.4) is 0 Å². The Balaban J connectivity index is 1.82. The topological polar surface area (TPSA) is 21.3 Å². The average Bonchev–Trinajstić information content (AvgIpc) is 2.67. The third kappa shape index (κ3) is 3.53. The third-order valence-electron chi connectivity index (χ3n) is 3.58. The lowest BCUT2D eigenvalue weighted by molar-refractivity contribution is -0.0150. The summed E-state index contributed by atoms with van der Waals surface area (Å²) in [6.07, 6.45) is 2.52. The van der Waals surface area contributed by atoms with E-state index in [0.717, 1.165) is 24.9 Å². The van der Waals surface area contributed by atoms with Crippen LogP contribution >= 0.6 is 0 Å². The molecule has 1 fully saturated rings. The first-order valence-corrected chi connectivity index (χ1v) is 6.63. The van der Waals surface area contributed by atoms with Crippen LogP contribution < -0.4 is 5.32 Å². The van der Waals surface area contributed by atoms with Crippen molar-refractivity contribution in [2.45, 2.75) is 51.4 Å². The molecule has 1 aromatic carbocycles. The van der Waals surface area contributed by atoms with Crippen LogP contribution in [0, 0.1) is 5.82 Å². The molecule has 2 unspecified atom stereocenters. The molecule has 0 saturated carbocycles. The van der Waals surface area contributed by atoms with Crippen molar-refractivity contribution in [2.24, 2.45) is 0 Å². The summed E-state index contributed by atoms with van der Waals surface area (Å²) in [5.74, 6) is -0.188. The Morgan fingerprint density at radius 2 is 2.06 bits per heavy atom. The van der Waals surface area contributed by atoms with Gasteiger partial charge in [0.1, 0.15) is 5.82 Å². The second kappa shape index (κ2) is 5.37. The molecule has 0 bridgehead atoms. The van der Waals surface area contributed by atoms with E-state index in [2.05, 4.69) is 26.1 Å². The van der Waals surface area contributed by atoms with Crippen LogP contribution in [0.4, 0.5) is 4.39 Å². The number of halogens is 1. The lowest BCUT2D eigenvalue weighted by Crippen LogP contribution is -2.31. The zero-order chi connectivity index (χ0) is 13.2. The second-order valence-electron chi connectivity index (χ2n) is 5.72. The van der Waals surface area contributed by atoms with Crippen molar-refractivity contribution < 1.29 is 9.13 Å². The summed E-state index contributed by atoms with van der Waals surface area (Å²) in [5.41, 5.74) is 1.12. The molecule has 1 aliphatic heterocycles. The smallest absolute Gasteiger partial charge is 0.123 e. The molecule has 3 heteroatoms. The normalized spacial score (nSPS) is 24.1. The van der Waals surface area contributed by atoms with Crippen LogP contribution in [0.25, 0.3) is 0 Å². The van der Waals surface area contributed by atoms with Crippen molar-refractivity contribution in [3.05, 3.63) is 35.6 Å². The van der Waals surface area contributed by atoms with Gasteiger partial charge in [-0.25, -0.2) is 4.39 Å². The molecule has 1 N–H and O–H groups in total. The molecule has 0 aliphatic carbocycles. The zero-order valence-corrected chi connectivity index (χ0v) is 11.4. The van der Waals surface area contributed by atoms with Crippen molar-refractivity contribution in [1.82, 2.24) is 5.32 Å². The average molecular weight is 251 g/mol. The Kier molecular flexibility index (Phi) is 4.03. The van der Waals surface area contributed by atoms with E-state index in [-0.39, 0.29) is 17.5 Å². The van der Waals surface area contributed by atoms with Gasteiger partial charge in [-0.15, -0.1) is 0 Å². The monoisotopic (exact) mass is 251 g/mol. The predicted molar refractivity (Wildman–Crippen MR) is 71.0 cm³/mol. The van der Waals surface area contributed by atoms with E-state index in [4.69, 9.17) is 4.74 Å². The van der Waals surface area contributed by atoms with Crippen LogP contribution in [0.2, 0.25) is 0 Å². The maximum absolute atomic E-state index is 12.8.